The molecular weight excluding hydrogens is 260 g/mol. The van der Waals surface area contributed by atoms with E-state index in [1.54, 1.807) is 12.1 Å². The first-order valence-corrected chi connectivity index (χ1v) is 7.16. The summed E-state index contributed by atoms with van der Waals surface area (Å²) in [5.74, 6) is 0.294. The van der Waals surface area contributed by atoms with Gasteiger partial charge in [0.1, 0.15) is 5.75 Å². The summed E-state index contributed by atoms with van der Waals surface area (Å²) in [7, 11) is 0. The summed E-state index contributed by atoms with van der Waals surface area (Å²) in [5, 5.41) is 15.3. The number of hydrogen-bond donors (Lipinski definition) is 2. The lowest BCUT2D eigenvalue weighted by Crippen LogP contribution is -2.09. The number of phenolic OH excluding ortho intramolecular Hbond substituents is 1. The second kappa shape index (κ2) is 5.83. The maximum atomic E-state index is 9.41. The molecule has 0 aliphatic rings. The van der Waals surface area contributed by atoms with Crippen LogP contribution in [0.1, 0.15) is 24.9 Å². The van der Waals surface area contributed by atoms with Crippen molar-refractivity contribution < 1.29 is 5.11 Å². The molecule has 0 bridgehead atoms. The lowest BCUT2D eigenvalue weighted by atomic mass is 10.0. The fourth-order valence-corrected chi connectivity index (χ4v) is 2.55. The topological polar surface area (TPSA) is 45.2 Å². The summed E-state index contributed by atoms with van der Waals surface area (Å²) < 4.78 is 0. The van der Waals surface area contributed by atoms with Gasteiger partial charge in [-0.3, -0.25) is 4.98 Å². The van der Waals surface area contributed by atoms with E-state index in [9.17, 15) is 5.11 Å². The molecule has 0 amide bonds. The summed E-state index contributed by atoms with van der Waals surface area (Å²) in [6.07, 6.45) is 4.66. The SMILES string of the molecule is CCC(Nc1cccc2ccncc12)c1ccc(O)cc1. The zero-order valence-corrected chi connectivity index (χ0v) is 12.0. The van der Waals surface area contributed by atoms with Crippen LogP contribution in [0.2, 0.25) is 0 Å². The number of pyridine rings is 1. The van der Waals surface area contributed by atoms with Crippen molar-refractivity contribution in [2.45, 2.75) is 19.4 Å². The molecule has 3 rings (SSSR count). The van der Waals surface area contributed by atoms with Crippen molar-refractivity contribution in [1.82, 2.24) is 4.98 Å². The number of aromatic hydroxyl groups is 1. The Morgan fingerprint density at radius 1 is 1.10 bits per heavy atom. The molecule has 1 aromatic heterocycles. The van der Waals surface area contributed by atoms with Crippen LogP contribution in [0.25, 0.3) is 10.8 Å². The number of phenols is 1. The van der Waals surface area contributed by atoms with Gasteiger partial charge in [0.25, 0.3) is 0 Å². The molecule has 1 unspecified atom stereocenters. The molecule has 0 saturated carbocycles. The highest BCUT2D eigenvalue weighted by atomic mass is 16.3. The maximum absolute atomic E-state index is 9.41. The summed E-state index contributed by atoms with van der Waals surface area (Å²) in [6, 6.07) is 15.8. The minimum atomic E-state index is 0.205. The molecule has 3 heteroatoms. The van der Waals surface area contributed by atoms with Crippen LogP contribution in [-0.4, -0.2) is 10.1 Å². The molecule has 2 aromatic carbocycles. The second-order valence-electron chi connectivity index (χ2n) is 5.10. The van der Waals surface area contributed by atoms with E-state index in [0.29, 0.717) is 5.75 Å². The van der Waals surface area contributed by atoms with E-state index in [1.165, 1.54) is 5.39 Å². The Labute approximate surface area is 124 Å². The molecule has 1 heterocycles. The van der Waals surface area contributed by atoms with Crippen LogP contribution in [0.15, 0.2) is 60.9 Å². The Hall–Kier alpha value is -2.55. The first kappa shape index (κ1) is 13.4. The van der Waals surface area contributed by atoms with Crippen LogP contribution in [0.5, 0.6) is 5.75 Å². The van der Waals surface area contributed by atoms with Gasteiger partial charge in [0, 0.05) is 23.5 Å². The fraction of sp³-hybridized carbons (Fsp3) is 0.167. The number of benzene rings is 2. The highest BCUT2D eigenvalue weighted by Gasteiger charge is 2.10. The molecule has 2 N–H and O–H groups in total. The van der Waals surface area contributed by atoms with Gasteiger partial charge in [-0.1, -0.05) is 31.2 Å². The predicted molar refractivity (Wildman–Crippen MR) is 86.5 cm³/mol. The number of rotatable bonds is 4. The van der Waals surface area contributed by atoms with Crippen LogP contribution >= 0.6 is 0 Å². The van der Waals surface area contributed by atoms with Crippen LogP contribution < -0.4 is 5.32 Å². The molecule has 0 saturated heterocycles. The molecular formula is C18H18N2O. The van der Waals surface area contributed by atoms with Crippen LogP contribution in [0.3, 0.4) is 0 Å². The van der Waals surface area contributed by atoms with Gasteiger partial charge in [0.15, 0.2) is 0 Å². The third-order valence-electron chi connectivity index (χ3n) is 3.72. The molecule has 21 heavy (non-hydrogen) atoms. The van der Waals surface area contributed by atoms with Crippen LogP contribution in [0.4, 0.5) is 5.69 Å². The predicted octanol–water partition coefficient (Wildman–Crippen LogP) is 4.50. The molecule has 0 aliphatic carbocycles. The molecule has 0 spiro atoms. The Kier molecular flexibility index (Phi) is 3.73. The van der Waals surface area contributed by atoms with Crippen molar-refractivity contribution in [3.05, 3.63) is 66.5 Å². The molecule has 0 radical (unpaired) electrons. The van der Waals surface area contributed by atoms with Gasteiger partial charge in [-0.25, -0.2) is 0 Å². The average molecular weight is 278 g/mol. The number of fused-ring (bicyclic) bond motifs is 1. The molecule has 1 atom stereocenters. The van der Waals surface area contributed by atoms with Gasteiger partial charge < -0.3 is 10.4 Å². The highest BCUT2D eigenvalue weighted by molar-refractivity contribution is 5.93. The summed E-state index contributed by atoms with van der Waals surface area (Å²) in [5.41, 5.74) is 2.25. The third-order valence-corrected chi connectivity index (χ3v) is 3.72. The first-order valence-electron chi connectivity index (χ1n) is 7.16. The second-order valence-corrected chi connectivity index (χ2v) is 5.10. The highest BCUT2D eigenvalue weighted by Crippen LogP contribution is 2.28. The van der Waals surface area contributed by atoms with Gasteiger partial charge in [0.05, 0.1) is 6.04 Å². The van der Waals surface area contributed by atoms with E-state index < -0.39 is 0 Å². The van der Waals surface area contributed by atoms with Crippen molar-refractivity contribution in [1.29, 1.82) is 0 Å². The Bertz CT molecular complexity index is 732. The van der Waals surface area contributed by atoms with Crippen molar-refractivity contribution in [2.24, 2.45) is 0 Å². The standard InChI is InChI=1S/C18H18N2O/c1-2-17(14-6-8-15(21)9-7-14)20-18-5-3-4-13-10-11-19-12-16(13)18/h3-12,17,20-21H,2H2,1H3. The van der Waals surface area contributed by atoms with E-state index in [-0.39, 0.29) is 6.04 Å². The van der Waals surface area contributed by atoms with Crippen molar-refractivity contribution in [2.75, 3.05) is 5.32 Å². The number of aromatic nitrogens is 1. The van der Waals surface area contributed by atoms with Crippen molar-refractivity contribution in [3.8, 4) is 5.75 Å². The Morgan fingerprint density at radius 3 is 2.67 bits per heavy atom. The Morgan fingerprint density at radius 2 is 1.90 bits per heavy atom. The Balaban J connectivity index is 1.94. The van der Waals surface area contributed by atoms with E-state index in [1.807, 2.05) is 36.7 Å². The summed E-state index contributed by atoms with van der Waals surface area (Å²) in [6.45, 7) is 2.15. The van der Waals surface area contributed by atoms with Gasteiger partial charge in [-0.05, 0) is 41.6 Å². The van der Waals surface area contributed by atoms with Gasteiger partial charge >= 0.3 is 0 Å². The van der Waals surface area contributed by atoms with Crippen molar-refractivity contribution in [3.63, 3.8) is 0 Å². The lowest BCUT2D eigenvalue weighted by Gasteiger charge is -2.20. The van der Waals surface area contributed by atoms with Crippen LogP contribution in [-0.2, 0) is 0 Å². The molecule has 106 valence electrons. The number of nitrogens with zero attached hydrogens (tertiary/aromatic N) is 1. The smallest absolute Gasteiger partial charge is 0.115 e. The van der Waals surface area contributed by atoms with Gasteiger partial charge in [-0.15, -0.1) is 0 Å². The maximum Gasteiger partial charge on any atom is 0.115 e. The minimum absolute atomic E-state index is 0.205. The quantitative estimate of drug-likeness (QED) is 0.738. The fourth-order valence-electron chi connectivity index (χ4n) is 2.55. The minimum Gasteiger partial charge on any atom is -0.508 e. The largest absolute Gasteiger partial charge is 0.508 e. The van der Waals surface area contributed by atoms with Gasteiger partial charge in [0.2, 0.25) is 0 Å². The number of nitrogens with one attached hydrogen (secondary N) is 1. The third kappa shape index (κ3) is 2.82. The van der Waals surface area contributed by atoms with Crippen molar-refractivity contribution >= 4 is 16.5 Å². The van der Waals surface area contributed by atoms with E-state index >= 15 is 0 Å². The zero-order chi connectivity index (χ0) is 14.7. The molecule has 3 nitrogen and oxygen atoms in total. The van der Waals surface area contributed by atoms with E-state index in [4.69, 9.17) is 0 Å². The van der Waals surface area contributed by atoms with E-state index in [2.05, 4.69) is 29.4 Å². The average Bonchev–Trinajstić information content (AvgIpc) is 2.54. The van der Waals surface area contributed by atoms with Gasteiger partial charge in [-0.2, -0.15) is 0 Å². The zero-order valence-electron chi connectivity index (χ0n) is 12.0. The summed E-state index contributed by atoms with van der Waals surface area (Å²) >= 11 is 0. The summed E-state index contributed by atoms with van der Waals surface area (Å²) in [4.78, 5) is 4.22. The van der Waals surface area contributed by atoms with Crippen LogP contribution in [0, 0.1) is 0 Å². The monoisotopic (exact) mass is 278 g/mol. The number of hydrogen-bond acceptors (Lipinski definition) is 3. The molecule has 0 fully saturated rings. The number of anilines is 1. The lowest BCUT2D eigenvalue weighted by molar-refractivity contribution is 0.475. The first-order chi connectivity index (χ1) is 10.3. The molecule has 0 aliphatic heterocycles. The molecule has 3 aromatic rings. The van der Waals surface area contributed by atoms with E-state index in [0.717, 1.165) is 23.1 Å². The normalized spacial score (nSPS) is 12.2.